The lowest BCUT2D eigenvalue weighted by molar-refractivity contribution is -0.912. The van der Waals surface area contributed by atoms with E-state index in [9.17, 15) is 0 Å². The van der Waals surface area contributed by atoms with E-state index in [1.54, 1.807) is 0 Å². The minimum atomic E-state index is 0. The quantitative estimate of drug-likeness (QED) is 0.147. The highest BCUT2D eigenvalue weighted by Gasteiger charge is 2.21. The van der Waals surface area contributed by atoms with Gasteiger partial charge in [0, 0.05) is 0 Å². The maximum Gasteiger partial charge on any atom is 0.0975 e. The molecule has 0 atom stereocenters. The lowest BCUT2D eigenvalue weighted by atomic mass is 10.0. The topological polar surface area (TPSA) is 0 Å². The fraction of sp³-hybridized carbons (Fsp3) is 0.760. The fourth-order valence-electron chi connectivity index (χ4n) is 3.96. The van der Waals surface area contributed by atoms with Gasteiger partial charge in [-0.3, -0.25) is 0 Å². The molecule has 0 aromatic carbocycles. The molecule has 0 aliphatic heterocycles. The molecule has 0 fully saturated rings. The summed E-state index contributed by atoms with van der Waals surface area (Å²) in [6.07, 6.45) is 26.0. The number of unbranched alkanes of at least 4 members (excludes halogenated alkanes) is 13. The Kier molecular flexibility index (Phi) is 23.1. The Labute approximate surface area is 178 Å². The molecular formula is C25H48ClN. The van der Waals surface area contributed by atoms with Gasteiger partial charge in [0.15, 0.2) is 0 Å². The van der Waals surface area contributed by atoms with Crippen molar-refractivity contribution in [3.05, 3.63) is 38.0 Å². The molecule has 1 nitrogen and oxygen atoms in total. The first kappa shape index (κ1) is 28.7. The second-order valence-electron chi connectivity index (χ2n) is 8.08. The van der Waals surface area contributed by atoms with Gasteiger partial charge >= 0.3 is 0 Å². The number of hydrogen-bond acceptors (Lipinski definition) is 0. The lowest BCUT2D eigenvalue weighted by Gasteiger charge is -2.36. The average molecular weight is 398 g/mol. The van der Waals surface area contributed by atoms with E-state index in [1.807, 2.05) is 0 Å². The zero-order valence-electron chi connectivity index (χ0n) is 18.4. The van der Waals surface area contributed by atoms with E-state index in [-0.39, 0.29) is 12.4 Å². The Morgan fingerprint density at radius 1 is 0.519 bits per heavy atom. The van der Waals surface area contributed by atoms with Crippen molar-refractivity contribution in [3.63, 3.8) is 0 Å². The summed E-state index contributed by atoms with van der Waals surface area (Å²) in [7, 11) is 0. The van der Waals surface area contributed by atoms with E-state index in [0.717, 1.165) is 24.1 Å². The Bertz CT molecular complexity index is 311. The van der Waals surface area contributed by atoms with Gasteiger partial charge in [0.1, 0.15) is 0 Å². The zero-order chi connectivity index (χ0) is 19.3. The molecule has 0 saturated heterocycles. The SMILES string of the molecule is C=CC[N+](CC=C)(CC=C)CCCCCCCCCCCCCCCC.[Cl-]. The summed E-state index contributed by atoms with van der Waals surface area (Å²) in [5, 5.41) is 0. The van der Waals surface area contributed by atoms with Gasteiger partial charge in [0.2, 0.25) is 0 Å². The van der Waals surface area contributed by atoms with Crippen LogP contribution in [0.1, 0.15) is 96.8 Å². The predicted octanol–water partition coefficient (Wildman–Crippen LogP) is 4.85. The maximum absolute atomic E-state index is 3.94. The number of quaternary nitrogens is 1. The highest BCUT2D eigenvalue weighted by molar-refractivity contribution is 4.76. The number of halogens is 1. The summed E-state index contributed by atoms with van der Waals surface area (Å²) in [4.78, 5) is 0. The Morgan fingerprint density at radius 3 is 1.11 bits per heavy atom. The molecule has 0 saturated carbocycles. The normalized spacial score (nSPS) is 11.0. The van der Waals surface area contributed by atoms with E-state index in [1.165, 1.54) is 96.4 Å². The first-order chi connectivity index (χ1) is 12.7. The van der Waals surface area contributed by atoms with Crippen molar-refractivity contribution in [3.8, 4) is 0 Å². The maximum atomic E-state index is 3.94. The van der Waals surface area contributed by atoms with E-state index < -0.39 is 0 Å². The van der Waals surface area contributed by atoms with Gasteiger partial charge in [-0.15, -0.1) is 0 Å². The molecule has 0 aliphatic carbocycles. The van der Waals surface area contributed by atoms with Crippen molar-refractivity contribution in [1.82, 2.24) is 0 Å². The van der Waals surface area contributed by atoms with Crippen LogP contribution in [0.2, 0.25) is 0 Å². The van der Waals surface area contributed by atoms with Crippen LogP contribution in [0.15, 0.2) is 38.0 Å². The van der Waals surface area contributed by atoms with E-state index in [0.29, 0.717) is 0 Å². The van der Waals surface area contributed by atoms with Crippen molar-refractivity contribution >= 4 is 0 Å². The van der Waals surface area contributed by atoms with Crippen molar-refractivity contribution in [1.29, 1.82) is 0 Å². The molecule has 0 unspecified atom stereocenters. The molecule has 0 amide bonds. The molecule has 0 aromatic heterocycles. The summed E-state index contributed by atoms with van der Waals surface area (Å²) in [6, 6.07) is 0. The fourth-order valence-corrected chi connectivity index (χ4v) is 3.96. The van der Waals surface area contributed by atoms with Crippen LogP contribution in [0.4, 0.5) is 0 Å². The molecule has 0 aliphatic rings. The summed E-state index contributed by atoms with van der Waals surface area (Å²) >= 11 is 0. The monoisotopic (exact) mass is 397 g/mol. The van der Waals surface area contributed by atoms with Crippen LogP contribution in [0.25, 0.3) is 0 Å². The molecule has 0 aromatic rings. The van der Waals surface area contributed by atoms with Crippen molar-refractivity contribution in [2.24, 2.45) is 0 Å². The Balaban J connectivity index is 0. The van der Waals surface area contributed by atoms with Crippen LogP contribution in [0, 0.1) is 0 Å². The number of hydrogen-bond donors (Lipinski definition) is 0. The predicted molar refractivity (Wildman–Crippen MR) is 121 cm³/mol. The van der Waals surface area contributed by atoms with E-state index >= 15 is 0 Å². The van der Waals surface area contributed by atoms with Gasteiger partial charge in [-0.1, -0.05) is 104 Å². The smallest absolute Gasteiger partial charge is 0.0975 e. The highest BCUT2D eigenvalue weighted by atomic mass is 35.5. The number of nitrogens with zero attached hydrogens (tertiary/aromatic N) is 1. The van der Waals surface area contributed by atoms with Crippen molar-refractivity contribution in [2.45, 2.75) is 96.8 Å². The van der Waals surface area contributed by atoms with Crippen LogP contribution >= 0.6 is 0 Å². The van der Waals surface area contributed by atoms with Crippen LogP contribution in [0.5, 0.6) is 0 Å². The second-order valence-corrected chi connectivity index (χ2v) is 8.08. The average Bonchev–Trinajstić information content (AvgIpc) is 2.63. The largest absolute Gasteiger partial charge is 1.00 e. The van der Waals surface area contributed by atoms with Crippen molar-refractivity contribution < 1.29 is 16.9 Å². The molecular weight excluding hydrogens is 350 g/mol. The van der Waals surface area contributed by atoms with Crippen molar-refractivity contribution in [2.75, 3.05) is 26.2 Å². The molecule has 0 bridgehead atoms. The van der Waals surface area contributed by atoms with E-state index in [2.05, 4.69) is 44.9 Å². The molecule has 0 rings (SSSR count). The van der Waals surface area contributed by atoms with Gasteiger partial charge in [-0.2, -0.15) is 0 Å². The molecule has 0 heterocycles. The van der Waals surface area contributed by atoms with Crippen LogP contribution in [0.3, 0.4) is 0 Å². The third-order valence-electron chi connectivity index (χ3n) is 5.54. The minimum absolute atomic E-state index is 0. The third kappa shape index (κ3) is 17.3. The summed E-state index contributed by atoms with van der Waals surface area (Å²) < 4.78 is 1.05. The van der Waals surface area contributed by atoms with Gasteiger partial charge < -0.3 is 16.9 Å². The lowest BCUT2D eigenvalue weighted by Crippen LogP contribution is -3.00. The zero-order valence-corrected chi connectivity index (χ0v) is 19.2. The standard InChI is InChI=1S/C25H48N.ClH/c1-5-9-10-11-12-13-14-15-16-17-18-19-20-21-25-26(22-6-2,23-7-3)24-8-4;/h6-8H,2-5,9-25H2,1H3;1H/q+1;/p-1. The van der Waals surface area contributed by atoms with Crippen LogP contribution in [-0.2, 0) is 0 Å². The molecule has 2 heteroatoms. The molecule has 160 valence electrons. The summed E-state index contributed by atoms with van der Waals surface area (Å²) in [5.74, 6) is 0. The first-order valence-corrected chi connectivity index (χ1v) is 11.4. The molecule has 0 radical (unpaired) electrons. The third-order valence-corrected chi connectivity index (χ3v) is 5.54. The van der Waals surface area contributed by atoms with Gasteiger partial charge in [-0.05, 0) is 31.1 Å². The first-order valence-electron chi connectivity index (χ1n) is 11.4. The molecule has 0 spiro atoms. The summed E-state index contributed by atoms with van der Waals surface area (Å²) in [6.45, 7) is 18.4. The molecule has 0 N–H and O–H groups in total. The van der Waals surface area contributed by atoms with Gasteiger partial charge in [-0.25, -0.2) is 0 Å². The van der Waals surface area contributed by atoms with E-state index in [4.69, 9.17) is 0 Å². The second kappa shape index (κ2) is 21.8. The Morgan fingerprint density at radius 2 is 0.815 bits per heavy atom. The van der Waals surface area contributed by atoms with Gasteiger partial charge in [0.25, 0.3) is 0 Å². The highest BCUT2D eigenvalue weighted by Crippen LogP contribution is 2.15. The van der Waals surface area contributed by atoms with Crippen LogP contribution < -0.4 is 12.4 Å². The Hall–Kier alpha value is -0.530. The number of rotatable bonds is 21. The minimum Gasteiger partial charge on any atom is -1.00 e. The summed E-state index contributed by atoms with van der Waals surface area (Å²) in [5.41, 5.74) is 0. The van der Waals surface area contributed by atoms with Gasteiger partial charge in [0.05, 0.1) is 26.2 Å². The van der Waals surface area contributed by atoms with Crippen LogP contribution in [-0.4, -0.2) is 30.7 Å². The molecule has 27 heavy (non-hydrogen) atoms.